The smallest absolute Gasteiger partial charge is 0.322 e. The molecule has 1 heterocycles. The summed E-state index contributed by atoms with van der Waals surface area (Å²) in [5.74, 6) is 1.25. The van der Waals surface area contributed by atoms with Crippen LogP contribution in [0, 0.1) is 13.8 Å². The zero-order valence-corrected chi connectivity index (χ0v) is 21.7. The number of halogens is 1. The molecule has 3 aromatic rings. The molecule has 0 spiro atoms. The molecule has 1 fully saturated rings. The van der Waals surface area contributed by atoms with Crippen LogP contribution in [0.2, 0.25) is 5.02 Å². The van der Waals surface area contributed by atoms with Crippen molar-refractivity contribution in [2.24, 2.45) is 0 Å². The van der Waals surface area contributed by atoms with Crippen LogP contribution < -0.4 is 14.8 Å². The summed E-state index contributed by atoms with van der Waals surface area (Å²) in [5.41, 5.74) is 5.08. The van der Waals surface area contributed by atoms with Crippen molar-refractivity contribution in [2.75, 3.05) is 19.5 Å². The fourth-order valence-corrected chi connectivity index (χ4v) is 5.13. The fraction of sp³-hybridized carbons (Fsp3) is 0.393. The first-order chi connectivity index (χ1) is 16.9. The number of carbonyl (C=O) groups excluding carboxylic acids is 1. The van der Waals surface area contributed by atoms with Gasteiger partial charge in [-0.1, -0.05) is 30.9 Å². The lowest BCUT2D eigenvalue weighted by Gasteiger charge is -2.34. The van der Waals surface area contributed by atoms with Gasteiger partial charge in [-0.3, -0.25) is 0 Å². The highest BCUT2D eigenvalue weighted by atomic mass is 35.5. The third-order valence-corrected chi connectivity index (χ3v) is 7.14. The van der Waals surface area contributed by atoms with Crippen LogP contribution in [0.4, 0.5) is 10.5 Å². The molecule has 2 aromatic carbocycles. The zero-order chi connectivity index (χ0) is 24.9. The molecular weight excluding hydrogens is 462 g/mol. The van der Waals surface area contributed by atoms with Crippen molar-refractivity contribution in [1.29, 1.82) is 0 Å². The summed E-state index contributed by atoms with van der Waals surface area (Å²) in [6.07, 6.45) is 5.55. The van der Waals surface area contributed by atoms with Gasteiger partial charge >= 0.3 is 6.03 Å². The van der Waals surface area contributed by atoms with Crippen molar-refractivity contribution in [3.63, 3.8) is 0 Å². The van der Waals surface area contributed by atoms with E-state index < -0.39 is 0 Å². The minimum atomic E-state index is -0.114. The Morgan fingerprint density at radius 3 is 2.40 bits per heavy atom. The number of nitrogens with zero attached hydrogens (tertiary/aromatic N) is 2. The summed E-state index contributed by atoms with van der Waals surface area (Å²) in [6.45, 7) is 4.75. The molecule has 1 aliphatic rings. The number of hydrogen-bond acceptors (Lipinski definition) is 3. The highest BCUT2D eigenvalue weighted by Gasteiger charge is 2.28. The summed E-state index contributed by atoms with van der Waals surface area (Å²) >= 11 is 6.10. The van der Waals surface area contributed by atoms with E-state index in [4.69, 9.17) is 21.1 Å². The monoisotopic (exact) mass is 495 g/mol. The summed E-state index contributed by atoms with van der Waals surface area (Å²) in [5, 5.41) is 3.81. The van der Waals surface area contributed by atoms with Gasteiger partial charge in [0, 0.05) is 40.8 Å². The summed E-state index contributed by atoms with van der Waals surface area (Å²) in [4.78, 5) is 15.7. The van der Waals surface area contributed by atoms with Crippen molar-refractivity contribution in [3.8, 4) is 17.2 Å². The molecular formula is C28H34ClN3O3. The second-order valence-electron chi connectivity index (χ2n) is 9.12. The number of anilines is 1. The SMILES string of the molecule is COc1ccc(NC(=O)N(Cc2cc(C)n(-c3ccc(Cl)cc3)c2C)C2CCCCC2)c(OC)c1. The highest BCUT2D eigenvalue weighted by Crippen LogP contribution is 2.32. The van der Waals surface area contributed by atoms with E-state index in [0.29, 0.717) is 28.8 Å². The molecule has 6 nitrogen and oxygen atoms in total. The number of hydrogen-bond donors (Lipinski definition) is 1. The minimum Gasteiger partial charge on any atom is -0.497 e. The van der Waals surface area contributed by atoms with Gasteiger partial charge in [0.25, 0.3) is 0 Å². The van der Waals surface area contributed by atoms with Crippen LogP contribution in [0.25, 0.3) is 5.69 Å². The maximum absolute atomic E-state index is 13.7. The molecule has 0 atom stereocenters. The van der Waals surface area contributed by atoms with Gasteiger partial charge in [-0.05, 0) is 74.7 Å². The maximum atomic E-state index is 13.7. The lowest BCUT2D eigenvalue weighted by molar-refractivity contribution is 0.162. The molecule has 0 saturated heterocycles. The van der Waals surface area contributed by atoms with Gasteiger partial charge in [0.1, 0.15) is 11.5 Å². The standard InChI is InChI=1S/C28H34ClN3O3/c1-19-16-21(20(2)32(19)24-12-10-22(29)11-13-24)18-31(23-8-6-5-7-9-23)28(33)30-26-15-14-25(34-3)17-27(26)35-4/h10-17,23H,5-9,18H2,1-4H3,(H,30,33). The number of aromatic nitrogens is 1. The normalized spacial score (nSPS) is 14.0. The third-order valence-electron chi connectivity index (χ3n) is 6.89. The molecule has 0 unspecified atom stereocenters. The summed E-state index contributed by atoms with van der Waals surface area (Å²) < 4.78 is 13.0. The second kappa shape index (κ2) is 11.1. The lowest BCUT2D eigenvalue weighted by atomic mass is 9.94. The predicted molar refractivity (Wildman–Crippen MR) is 141 cm³/mol. The van der Waals surface area contributed by atoms with Crippen molar-refractivity contribution < 1.29 is 14.3 Å². The number of amides is 2. The van der Waals surface area contributed by atoms with Crippen molar-refractivity contribution >= 4 is 23.3 Å². The van der Waals surface area contributed by atoms with Crippen LogP contribution in [0.5, 0.6) is 11.5 Å². The number of ether oxygens (including phenoxy) is 2. The van der Waals surface area contributed by atoms with E-state index in [1.807, 2.05) is 41.3 Å². The molecule has 7 heteroatoms. The molecule has 4 rings (SSSR count). The number of rotatable bonds is 7. The molecule has 2 amide bonds. The molecule has 1 saturated carbocycles. The van der Waals surface area contributed by atoms with E-state index in [1.165, 1.54) is 6.42 Å². The fourth-order valence-electron chi connectivity index (χ4n) is 5.01. The number of urea groups is 1. The Morgan fingerprint density at radius 2 is 1.74 bits per heavy atom. The van der Waals surface area contributed by atoms with E-state index in [9.17, 15) is 4.79 Å². The Morgan fingerprint density at radius 1 is 1.03 bits per heavy atom. The topological polar surface area (TPSA) is 55.7 Å². The Kier molecular flexibility index (Phi) is 7.91. The van der Waals surface area contributed by atoms with E-state index >= 15 is 0 Å². The van der Waals surface area contributed by atoms with Crippen molar-refractivity contribution in [1.82, 2.24) is 9.47 Å². The number of methoxy groups -OCH3 is 2. The first-order valence-corrected chi connectivity index (χ1v) is 12.5. The van der Waals surface area contributed by atoms with Crippen molar-refractivity contribution in [3.05, 3.63) is 70.5 Å². The zero-order valence-electron chi connectivity index (χ0n) is 20.9. The van der Waals surface area contributed by atoms with Crippen molar-refractivity contribution in [2.45, 2.75) is 58.5 Å². The van der Waals surface area contributed by atoms with Crippen LogP contribution in [0.1, 0.15) is 49.1 Å². The van der Waals surface area contributed by atoms with E-state index in [1.54, 1.807) is 20.3 Å². The minimum absolute atomic E-state index is 0.114. The number of nitrogens with one attached hydrogen (secondary N) is 1. The molecule has 1 aromatic heterocycles. The van der Waals surface area contributed by atoms with Gasteiger partial charge in [0.2, 0.25) is 0 Å². The number of carbonyl (C=O) groups is 1. The Hall–Kier alpha value is -3.12. The van der Waals surface area contributed by atoms with E-state index in [-0.39, 0.29) is 12.1 Å². The van der Waals surface area contributed by atoms with E-state index in [2.05, 4.69) is 29.8 Å². The molecule has 0 bridgehead atoms. The van der Waals surface area contributed by atoms with Crippen LogP contribution in [0.3, 0.4) is 0 Å². The van der Waals surface area contributed by atoms with Crippen LogP contribution in [0.15, 0.2) is 48.5 Å². The first-order valence-electron chi connectivity index (χ1n) is 12.1. The molecule has 186 valence electrons. The Balaban J connectivity index is 1.62. The highest BCUT2D eigenvalue weighted by molar-refractivity contribution is 6.30. The quantitative estimate of drug-likeness (QED) is 0.379. The predicted octanol–water partition coefficient (Wildman–Crippen LogP) is 7.13. The van der Waals surface area contributed by atoms with Gasteiger partial charge in [-0.25, -0.2) is 4.79 Å². The second-order valence-corrected chi connectivity index (χ2v) is 9.56. The molecule has 0 radical (unpaired) electrons. The summed E-state index contributed by atoms with van der Waals surface area (Å²) in [7, 11) is 3.20. The van der Waals surface area contributed by atoms with E-state index in [0.717, 1.165) is 48.3 Å². The Bertz CT molecular complexity index is 1170. The first kappa shape index (κ1) is 25.0. The molecule has 1 N–H and O–H groups in total. The van der Waals surface area contributed by atoms with Gasteiger partial charge in [-0.2, -0.15) is 0 Å². The van der Waals surface area contributed by atoms with Gasteiger partial charge < -0.3 is 24.3 Å². The van der Waals surface area contributed by atoms with Crippen LogP contribution >= 0.6 is 11.6 Å². The third kappa shape index (κ3) is 5.59. The Labute approximate surface area is 212 Å². The largest absolute Gasteiger partial charge is 0.497 e. The van der Waals surface area contributed by atoms with Crippen LogP contribution in [-0.2, 0) is 6.54 Å². The maximum Gasteiger partial charge on any atom is 0.322 e. The summed E-state index contributed by atoms with van der Waals surface area (Å²) in [6, 6.07) is 15.5. The van der Waals surface area contributed by atoms with Gasteiger partial charge in [0.05, 0.1) is 19.9 Å². The lowest BCUT2D eigenvalue weighted by Crippen LogP contribution is -2.43. The average Bonchev–Trinajstić information content (AvgIpc) is 3.16. The average molecular weight is 496 g/mol. The molecule has 1 aliphatic carbocycles. The molecule has 35 heavy (non-hydrogen) atoms. The number of aryl methyl sites for hydroxylation is 1. The number of benzene rings is 2. The molecule has 0 aliphatic heterocycles. The van der Waals surface area contributed by atoms with Crippen LogP contribution in [-0.4, -0.2) is 35.8 Å². The van der Waals surface area contributed by atoms with Gasteiger partial charge in [-0.15, -0.1) is 0 Å². The van der Waals surface area contributed by atoms with Gasteiger partial charge in [0.15, 0.2) is 0 Å².